The fourth-order valence-electron chi connectivity index (χ4n) is 2.32. The van der Waals surface area contributed by atoms with Gasteiger partial charge in [0.2, 0.25) is 4.96 Å². The molecule has 0 bridgehead atoms. The molecule has 4 rings (SSSR count). The summed E-state index contributed by atoms with van der Waals surface area (Å²) in [6, 6.07) is 2.41. The minimum Gasteiger partial charge on any atom is -0.304 e. The van der Waals surface area contributed by atoms with E-state index < -0.39 is 0 Å². The van der Waals surface area contributed by atoms with E-state index >= 15 is 0 Å². The maximum absolute atomic E-state index is 4.63. The number of nitrogens with zero attached hydrogens (tertiary/aromatic N) is 4. The van der Waals surface area contributed by atoms with Crippen LogP contribution in [-0.4, -0.2) is 26.4 Å². The molecule has 3 aromatic heterocycles. The SMILES string of the molecule is Cc1nnc2sc(C3NCCc4sccc43)nn12. The number of hydrogen-bond donors (Lipinski definition) is 1. The summed E-state index contributed by atoms with van der Waals surface area (Å²) in [5.41, 5.74) is 1.37. The summed E-state index contributed by atoms with van der Waals surface area (Å²) in [5, 5.41) is 19.5. The summed E-state index contributed by atoms with van der Waals surface area (Å²) in [7, 11) is 0. The van der Waals surface area contributed by atoms with Crippen LogP contribution in [0.25, 0.3) is 4.96 Å². The summed E-state index contributed by atoms with van der Waals surface area (Å²) >= 11 is 3.45. The fourth-order valence-corrected chi connectivity index (χ4v) is 4.22. The van der Waals surface area contributed by atoms with Gasteiger partial charge in [-0.2, -0.15) is 9.61 Å². The van der Waals surface area contributed by atoms with Gasteiger partial charge in [0, 0.05) is 11.4 Å². The Balaban J connectivity index is 1.84. The van der Waals surface area contributed by atoms with Crippen molar-refractivity contribution in [2.24, 2.45) is 0 Å². The van der Waals surface area contributed by atoms with Crippen LogP contribution in [0.4, 0.5) is 0 Å². The highest BCUT2D eigenvalue weighted by Gasteiger charge is 2.26. The normalized spacial score (nSPS) is 19.3. The summed E-state index contributed by atoms with van der Waals surface area (Å²) in [6.45, 7) is 2.94. The second-order valence-electron chi connectivity index (χ2n) is 4.32. The van der Waals surface area contributed by atoms with Gasteiger partial charge >= 0.3 is 0 Å². The second-order valence-corrected chi connectivity index (χ2v) is 6.31. The highest BCUT2D eigenvalue weighted by molar-refractivity contribution is 7.16. The second kappa shape index (κ2) is 3.84. The van der Waals surface area contributed by atoms with Gasteiger partial charge in [-0.25, -0.2) is 0 Å². The van der Waals surface area contributed by atoms with Gasteiger partial charge in [-0.3, -0.25) is 0 Å². The van der Waals surface area contributed by atoms with Crippen molar-refractivity contribution in [3.63, 3.8) is 0 Å². The molecule has 1 N–H and O–H groups in total. The zero-order chi connectivity index (χ0) is 12.1. The quantitative estimate of drug-likeness (QED) is 0.737. The molecule has 0 spiro atoms. The lowest BCUT2D eigenvalue weighted by atomic mass is 10.0. The van der Waals surface area contributed by atoms with Crippen molar-refractivity contribution in [3.05, 3.63) is 32.7 Å². The number of hydrogen-bond acceptors (Lipinski definition) is 6. The molecule has 1 atom stereocenters. The van der Waals surface area contributed by atoms with E-state index in [1.54, 1.807) is 11.3 Å². The molecule has 0 aliphatic carbocycles. The van der Waals surface area contributed by atoms with Crippen molar-refractivity contribution in [3.8, 4) is 0 Å². The minimum atomic E-state index is 0.214. The van der Waals surface area contributed by atoms with Gasteiger partial charge in [0.05, 0.1) is 6.04 Å². The van der Waals surface area contributed by atoms with Gasteiger partial charge in [-0.05, 0) is 30.4 Å². The first-order valence-electron chi connectivity index (χ1n) is 5.81. The van der Waals surface area contributed by atoms with Crippen LogP contribution in [0.3, 0.4) is 0 Å². The maximum atomic E-state index is 4.63. The van der Waals surface area contributed by atoms with Crippen molar-refractivity contribution >= 4 is 27.6 Å². The lowest BCUT2D eigenvalue weighted by Gasteiger charge is -2.21. The number of rotatable bonds is 1. The average molecular weight is 277 g/mol. The molecule has 0 amide bonds. The number of nitrogens with one attached hydrogen (secondary N) is 1. The number of aryl methyl sites for hydroxylation is 1. The molecule has 1 unspecified atom stereocenters. The molecule has 0 saturated carbocycles. The van der Waals surface area contributed by atoms with Gasteiger partial charge in [0.25, 0.3) is 0 Å². The molecule has 7 heteroatoms. The Morgan fingerprint density at radius 3 is 3.28 bits per heavy atom. The molecule has 0 aromatic carbocycles. The summed E-state index contributed by atoms with van der Waals surface area (Å²) in [6.07, 6.45) is 1.12. The van der Waals surface area contributed by atoms with E-state index in [0.29, 0.717) is 0 Å². The Morgan fingerprint density at radius 2 is 2.39 bits per heavy atom. The number of thiophene rings is 1. The molecular weight excluding hydrogens is 266 g/mol. The van der Waals surface area contributed by atoms with Crippen LogP contribution in [0.1, 0.15) is 27.3 Å². The molecule has 18 heavy (non-hydrogen) atoms. The van der Waals surface area contributed by atoms with Crippen LogP contribution in [-0.2, 0) is 6.42 Å². The van der Waals surface area contributed by atoms with Crippen LogP contribution >= 0.6 is 22.7 Å². The average Bonchev–Trinajstić information content (AvgIpc) is 3.06. The Bertz CT molecular complexity index is 710. The van der Waals surface area contributed by atoms with E-state index in [4.69, 9.17) is 0 Å². The van der Waals surface area contributed by atoms with E-state index in [-0.39, 0.29) is 6.04 Å². The van der Waals surface area contributed by atoms with Crippen molar-refractivity contribution in [2.45, 2.75) is 19.4 Å². The molecule has 3 aromatic rings. The summed E-state index contributed by atoms with van der Waals surface area (Å²) < 4.78 is 1.82. The van der Waals surface area contributed by atoms with E-state index in [0.717, 1.165) is 28.8 Å². The molecule has 92 valence electrons. The highest BCUT2D eigenvalue weighted by Crippen LogP contribution is 2.33. The number of aromatic nitrogens is 4. The van der Waals surface area contributed by atoms with Crippen molar-refractivity contribution in [1.29, 1.82) is 0 Å². The lowest BCUT2D eigenvalue weighted by molar-refractivity contribution is 0.565. The van der Waals surface area contributed by atoms with Crippen LogP contribution in [0.5, 0.6) is 0 Å². The van der Waals surface area contributed by atoms with Gasteiger partial charge in [0.15, 0.2) is 5.82 Å². The van der Waals surface area contributed by atoms with Gasteiger partial charge in [-0.1, -0.05) is 11.3 Å². The third-order valence-electron chi connectivity index (χ3n) is 3.20. The molecule has 4 heterocycles. The van der Waals surface area contributed by atoms with E-state index in [1.165, 1.54) is 10.4 Å². The third kappa shape index (κ3) is 1.44. The summed E-state index contributed by atoms with van der Waals surface area (Å²) in [4.78, 5) is 2.34. The van der Waals surface area contributed by atoms with Crippen LogP contribution in [0.15, 0.2) is 11.4 Å². The van der Waals surface area contributed by atoms with E-state index in [9.17, 15) is 0 Å². The molecule has 1 aliphatic rings. The first kappa shape index (κ1) is 10.6. The summed E-state index contributed by atoms with van der Waals surface area (Å²) in [5.74, 6) is 0.842. The molecule has 0 fully saturated rings. The van der Waals surface area contributed by atoms with Crippen LogP contribution < -0.4 is 5.32 Å². The smallest absolute Gasteiger partial charge is 0.234 e. The monoisotopic (exact) mass is 277 g/mol. The fraction of sp³-hybridized carbons (Fsp3) is 0.364. The maximum Gasteiger partial charge on any atom is 0.234 e. The standard InChI is InChI=1S/C11H11N5S2/c1-6-13-14-11-16(6)15-10(18-11)9-7-3-5-17-8(7)2-4-12-9/h3,5,9,12H,2,4H2,1H3. The molecule has 0 radical (unpaired) electrons. The molecular formula is C11H11N5S2. The topological polar surface area (TPSA) is 55.1 Å². The Kier molecular flexibility index (Phi) is 2.26. The first-order chi connectivity index (χ1) is 8.83. The van der Waals surface area contributed by atoms with Crippen molar-refractivity contribution in [1.82, 2.24) is 25.1 Å². The Labute approximate surface area is 111 Å². The zero-order valence-corrected chi connectivity index (χ0v) is 11.4. The Hall–Kier alpha value is -1.31. The lowest BCUT2D eigenvalue weighted by Crippen LogP contribution is -2.29. The van der Waals surface area contributed by atoms with Crippen LogP contribution in [0.2, 0.25) is 0 Å². The minimum absolute atomic E-state index is 0.214. The van der Waals surface area contributed by atoms with Crippen molar-refractivity contribution in [2.75, 3.05) is 6.54 Å². The number of fused-ring (bicyclic) bond motifs is 2. The van der Waals surface area contributed by atoms with E-state index in [1.807, 2.05) is 22.8 Å². The largest absolute Gasteiger partial charge is 0.304 e. The molecule has 5 nitrogen and oxygen atoms in total. The first-order valence-corrected chi connectivity index (χ1v) is 7.51. The third-order valence-corrected chi connectivity index (χ3v) is 5.16. The van der Waals surface area contributed by atoms with Gasteiger partial charge < -0.3 is 5.32 Å². The van der Waals surface area contributed by atoms with Crippen LogP contribution in [0, 0.1) is 6.92 Å². The molecule has 0 saturated heterocycles. The molecule has 1 aliphatic heterocycles. The predicted octanol–water partition coefficient (Wildman–Crippen LogP) is 1.79. The highest BCUT2D eigenvalue weighted by atomic mass is 32.1. The van der Waals surface area contributed by atoms with Gasteiger partial charge in [-0.15, -0.1) is 21.5 Å². The Morgan fingerprint density at radius 1 is 1.44 bits per heavy atom. The zero-order valence-electron chi connectivity index (χ0n) is 9.75. The predicted molar refractivity (Wildman–Crippen MR) is 71.3 cm³/mol. The van der Waals surface area contributed by atoms with Gasteiger partial charge in [0.1, 0.15) is 5.01 Å². The van der Waals surface area contributed by atoms with E-state index in [2.05, 4.69) is 32.1 Å². The van der Waals surface area contributed by atoms with Crippen molar-refractivity contribution < 1.29 is 0 Å².